The predicted molar refractivity (Wildman–Crippen MR) is 78.0 cm³/mol. The lowest BCUT2D eigenvalue weighted by atomic mass is 10.1. The molecule has 2 aromatic rings. The van der Waals surface area contributed by atoms with Crippen molar-refractivity contribution in [2.75, 3.05) is 11.1 Å². The Morgan fingerprint density at radius 3 is 2.90 bits per heavy atom. The minimum Gasteiger partial charge on any atom is -0.389 e. The smallest absolute Gasteiger partial charge is 0.229 e. The zero-order chi connectivity index (χ0) is 14.3. The third-order valence-electron chi connectivity index (χ3n) is 3.26. The molecule has 0 bridgehead atoms. The molecule has 0 aliphatic heterocycles. The Morgan fingerprint density at radius 2 is 2.25 bits per heavy atom. The Kier molecular flexibility index (Phi) is 3.17. The highest BCUT2D eigenvalue weighted by molar-refractivity contribution is 7.20. The number of amides is 1. The minimum atomic E-state index is -0.259. The van der Waals surface area contributed by atoms with Crippen LogP contribution in [-0.4, -0.2) is 10.9 Å². The van der Waals surface area contributed by atoms with Crippen LogP contribution in [0.15, 0.2) is 18.2 Å². The third kappa shape index (κ3) is 2.51. The molecule has 1 aliphatic carbocycles. The zero-order valence-corrected chi connectivity index (χ0v) is 11.8. The number of aromatic nitrogens is 1. The summed E-state index contributed by atoms with van der Waals surface area (Å²) in [5, 5.41) is 3.79. The summed E-state index contributed by atoms with van der Waals surface area (Å²) in [6.45, 7) is 1.69. The van der Waals surface area contributed by atoms with Crippen LogP contribution >= 0.6 is 11.3 Å². The number of anilines is 2. The third-order valence-corrected chi connectivity index (χ3v) is 4.06. The summed E-state index contributed by atoms with van der Waals surface area (Å²) in [5.41, 5.74) is 7.82. The molecule has 0 spiro atoms. The number of carbonyl (C=O) groups excluding carboxylic acids is 1. The van der Waals surface area contributed by atoms with Crippen molar-refractivity contribution in [1.82, 2.24) is 4.98 Å². The van der Waals surface area contributed by atoms with Gasteiger partial charge in [0.25, 0.3) is 0 Å². The van der Waals surface area contributed by atoms with Crippen molar-refractivity contribution in [3.8, 4) is 11.3 Å². The maximum Gasteiger partial charge on any atom is 0.229 e. The fraction of sp³-hybridized carbons (Fsp3) is 0.286. The molecule has 1 aromatic heterocycles. The lowest BCUT2D eigenvalue weighted by Crippen LogP contribution is -2.12. The average Bonchev–Trinajstić information content (AvgIpc) is 3.18. The van der Waals surface area contributed by atoms with Gasteiger partial charge >= 0.3 is 0 Å². The topological polar surface area (TPSA) is 68.0 Å². The Labute approximate surface area is 119 Å². The summed E-state index contributed by atoms with van der Waals surface area (Å²) in [6, 6.07) is 4.74. The molecule has 104 valence electrons. The lowest BCUT2D eigenvalue weighted by Gasteiger charge is -2.01. The Morgan fingerprint density at radius 1 is 1.50 bits per heavy atom. The number of nitrogens with zero attached hydrogens (tertiary/aromatic N) is 1. The van der Waals surface area contributed by atoms with Crippen molar-refractivity contribution in [2.24, 2.45) is 5.92 Å². The highest BCUT2D eigenvalue weighted by atomic mass is 32.1. The molecular formula is C14H14FN3OS. The molecular weight excluding hydrogens is 277 g/mol. The van der Waals surface area contributed by atoms with Crippen molar-refractivity contribution in [1.29, 1.82) is 0 Å². The maximum atomic E-state index is 13.3. The van der Waals surface area contributed by atoms with Gasteiger partial charge in [0.1, 0.15) is 16.5 Å². The second-order valence-corrected chi connectivity index (χ2v) is 5.99. The normalized spacial score (nSPS) is 14.3. The maximum absolute atomic E-state index is 13.3. The van der Waals surface area contributed by atoms with Gasteiger partial charge < -0.3 is 11.1 Å². The molecule has 3 rings (SSSR count). The van der Waals surface area contributed by atoms with Gasteiger partial charge in [0.05, 0.1) is 0 Å². The van der Waals surface area contributed by atoms with E-state index in [0.29, 0.717) is 21.4 Å². The highest BCUT2D eigenvalue weighted by Crippen LogP contribution is 2.36. The fourth-order valence-corrected chi connectivity index (χ4v) is 2.69. The van der Waals surface area contributed by atoms with E-state index in [2.05, 4.69) is 10.3 Å². The highest BCUT2D eigenvalue weighted by Gasteiger charge is 2.30. The van der Waals surface area contributed by atoms with Crippen LogP contribution in [0.3, 0.4) is 0 Å². The summed E-state index contributed by atoms with van der Waals surface area (Å²) >= 11 is 1.23. The number of thiazole rings is 1. The van der Waals surface area contributed by atoms with Gasteiger partial charge in [0.15, 0.2) is 5.13 Å². The van der Waals surface area contributed by atoms with Crippen LogP contribution in [0, 0.1) is 18.7 Å². The number of aryl methyl sites for hydroxylation is 1. The largest absolute Gasteiger partial charge is 0.389 e. The molecule has 1 aromatic carbocycles. The van der Waals surface area contributed by atoms with Gasteiger partial charge in [0.2, 0.25) is 5.91 Å². The number of hydrogen-bond acceptors (Lipinski definition) is 4. The second kappa shape index (κ2) is 4.86. The molecule has 20 heavy (non-hydrogen) atoms. The van der Waals surface area contributed by atoms with E-state index in [-0.39, 0.29) is 17.6 Å². The zero-order valence-electron chi connectivity index (χ0n) is 10.9. The van der Waals surface area contributed by atoms with Crippen molar-refractivity contribution < 1.29 is 9.18 Å². The first kappa shape index (κ1) is 13.1. The molecule has 0 atom stereocenters. The van der Waals surface area contributed by atoms with Crippen LogP contribution in [0.4, 0.5) is 14.5 Å². The number of nitrogens with two attached hydrogens (primary N) is 1. The van der Waals surface area contributed by atoms with Crippen LogP contribution < -0.4 is 11.1 Å². The van der Waals surface area contributed by atoms with Gasteiger partial charge in [-0.05, 0) is 43.5 Å². The first-order valence-corrected chi connectivity index (χ1v) is 7.20. The molecule has 1 aliphatic rings. The van der Waals surface area contributed by atoms with Gasteiger partial charge in [-0.25, -0.2) is 9.37 Å². The number of rotatable bonds is 3. The van der Waals surface area contributed by atoms with Crippen molar-refractivity contribution >= 4 is 27.4 Å². The summed E-state index contributed by atoms with van der Waals surface area (Å²) in [4.78, 5) is 16.0. The van der Waals surface area contributed by atoms with Gasteiger partial charge in [-0.3, -0.25) is 4.79 Å². The Bertz CT molecular complexity index is 679. The van der Waals surface area contributed by atoms with Crippen LogP contribution in [0.5, 0.6) is 0 Å². The second-order valence-electron chi connectivity index (χ2n) is 4.96. The summed E-state index contributed by atoms with van der Waals surface area (Å²) < 4.78 is 13.3. The minimum absolute atomic E-state index is 0.000543. The van der Waals surface area contributed by atoms with Gasteiger partial charge in [-0.15, -0.1) is 0 Å². The first-order valence-electron chi connectivity index (χ1n) is 6.38. The van der Waals surface area contributed by atoms with E-state index < -0.39 is 0 Å². The number of halogens is 1. The van der Waals surface area contributed by atoms with E-state index in [0.717, 1.165) is 18.4 Å². The molecule has 3 N–H and O–H groups in total. The summed E-state index contributed by atoms with van der Waals surface area (Å²) in [6.07, 6.45) is 1.88. The van der Waals surface area contributed by atoms with Crippen molar-refractivity contribution in [3.05, 3.63) is 29.6 Å². The van der Waals surface area contributed by atoms with E-state index >= 15 is 0 Å². The van der Waals surface area contributed by atoms with Crippen molar-refractivity contribution in [2.45, 2.75) is 19.8 Å². The number of benzene rings is 1. The van der Waals surface area contributed by atoms with Gasteiger partial charge in [-0.2, -0.15) is 0 Å². The standard InChI is InChI=1S/C14H14FN3OS/c1-7-6-9(4-5-10(7)15)11-12(16)20-14(17-11)18-13(19)8-2-3-8/h4-6,8H,2-3,16H2,1H3,(H,17,18,19). The van der Waals surface area contributed by atoms with Crippen LogP contribution in [0.2, 0.25) is 0 Å². The summed E-state index contributed by atoms with van der Waals surface area (Å²) in [5.74, 6) is -0.137. The molecule has 1 saturated carbocycles. The number of nitrogen functional groups attached to an aromatic ring is 1. The molecule has 1 fully saturated rings. The monoisotopic (exact) mass is 291 g/mol. The van der Waals surface area contributed by atoms with Gasteiger partial charge in [0, 0.05) is 11.5 Å². The van der Waals surface area contributed by atoms with Crippen LogP contribution in [0.25, 0.3) is 11.3 Å². The predicted octanol–water partition coefficient (Wildman–Crippen LogP) is 3.19. The molecule has 6 heteroatoms. The van der Waals surface area contributed by atoms with Gasteiger partial charge in [-0.1, -0.05) is 11.3 Å². The molecule has 0 unspecified atom stereocenters. The van der Waals surface area contributed by atoms with E-state index in [1.165, 1.54) is 17.4 Å². The molecule has 1 heterocycles. The van der Waals surface area contributed by atoms with Crippen LogP contribution in [-0.2, 0) is 4.79 Å². The SMILES string of the molecule is Cc1cc(-c2nc(NC(=O)C3CC3)sc2N)ccc1F. The van der Waals surface area contributed by atoms with Crippen molar-refractivity contribution in [3.63, 3.8) is 0 Å². The number of hydrogen-bond donors (Lipinski definition) is 2. The number of nitrogens with one attached hydrogen (secondary N) is 1. The van der Waals surface area contributed by atoms with E-state index in [1.807, 2.05) is 0 Å². The Hall–Kier alpha value is -1.95. The van der Waals surface area contributed by atoms with E-state index in [4.69, 9.17) is 5.73 Å². The molecule has 4 nitrogen and oxygen atoms in total. The number of carbonyl (C=O) groups is 1. The average molecular weight is 291 g/mol. The first-order chi connectivity index (χ1) is 9.54. The summed E-state index contributed by atoms with van der Waals surface area (Å²) in [7, 11) is 0. The van der Waals surface area contributed by atoms with E-state index in [9.17, 15) is 9.18 Å². The lowest BCUT2D eigenvalue weighted by molar-refractivity contribution is -0.117. The molecule has 0 radical (unpaired) electrons. The van der Waals surface area contributed by atoms with E-state index in [1.54, 1.807) is 19.1 Å². The molecule has 1 amide bonds. The fourth-order valence-electron chi connectivity index (χ4n) is 1.94. The molecule has 0 saturated heterocycles. The quantitative estimate of drug-likeness (QED) is 0.912. The van der Waals surface area contributed by atoms with Crippen LogP contribution in [0.1, 0.15) is 18.4 Å². The Balaban J connectivity index is 1.87.